The van der Waals surface area contributed by atoms with E-state index in [1.165, 1.54) is 12.0 Å². The van der Waals surface area contributed by atoms with Gasteiger partial charge in [-0.25, -0.2) is 15.0 Å². The van der Waals surface area contributed by atoms with Crippen LogP contribution in [0.4, 0.5) is 11.8 Å². The monoisotopic (exact) mass is 346 g/mol. The van der Waals surface area contributed by atoms with Gasteiger partial charge in [-0.05, 0) is 55.6 Å². The van der Waals surface area contributed by atoms with Gasteiger partial charge in [0.2, 0.25) is 5.95 Å². The first kappa shape index (κ1) is 16.6. The Morgan fingerprint density at radius 2 is 2.08 bits per heavy atom. The fraction of sp³-hybridized carbons (Fsp3) is 0.300. The maximum Gasteiger partial charge on any atom is 0.228 e. The van der Waals surface area contributed by atoms with E-state index in [0.717, 1.165) is 36.6 Å². The Balaban J connectivity index is 1.50. The summed E-state index contributed by atoms with van der Waals surface area (Å²) in [5.74, 6) is 1.35. The summed E-state index contributed by atoms with van der Waals surface area (Å²) in [6.07, 6.45) is 9.69. The number of hydrogen-bond donors (Lipinski definition) is 1. The minimum Gasteiger partial charge on any atom is -0.309 e. The maximum absolute atomic E-state index is 4.74. The average molecular weight is 346 g/mol. The van der Waals surface area contributed by atoms with Crippen molar-refractivity contribution in [3.05, 3.63) is 71.9 Å². The molecule has 0 amide bonds. The second-order valence-corrected chi connectivity index (χ2v) is 6.64. The third-order valence-corrected chi connectivity index (χ3v) is 4.64. The Morgan fingerprint density at radius 3 is 2.88 bits per heavy atom. The SMILES string of the molecule is Cc1ccc(Nc2nccc([C@H]3CCCN3Cc3cccnc3)n2)nc1. The van der Waals surface area contributed by atoms with Crippen molar-refractivity contribution in [2.45, 2.75) is 32.4 Å². The van der Waals surface area contributed by atoms with Crippen molar-refractivity contribution in [1.82, 2.24) is 24.8 Å². The van der Waals surface area contributed by atoms with Gasteiger partial charge in [0.05, 0.1) is 11.7 Å². The van der Waals surface area contributed by atoms with E-state index >= 15 is 0 Å². The van der Waals surface area contributed by atoms with E-state index in [4.69, 9.17) is 4.98 Å². The van der Waals surface area contributed by atoms with Crippen LogP contribution in [0.1, 0.15) is 35.7 Å². The Labute approximate surface area is 153 Å². The van der Waals surface area contributed by atoms with Gasteiger partial charge in [0.25, 0.3) is 0 Å². The first-order valence-corrected chi connectivity index (χ1v) is 8.93. The van der Waals surface area contributed by atoms with Crippen LogP contribution in [0.3, 0.4) is 0 Å². The summed E-state index contributed by atoms with van der Waals surface area (Å²) in [5, 5.41) is 3.20. The summed E-state index contributed by atoms with van der Waals surface area (Å²) in [5.41, 5.74) is 3.41. The van der Waals surface area contributed by atoms with Crippen LogP contribution in [0.15, 0.2) is 55.1 Å². The number of nitrogens with one attached hydrogen (secondary N) is 1. The zero-order chi connectivity index (χ0) is 17.8. The highest BCUT2D eigenvalue weighted by molar-refractivity contribution is 5.47. The van der Waals surface area contributed by atoms with Crippen molar-refractivity contribution in [3.63, 3.8) is 0 Å². The van der Waals surface area contributed by atoms with Gasteiger partial charge in [-0.2, -0.15) is 0 Å². The lowest BCUT2D eigenvalue weighted by molar-refractivity contribution is 0.244. The van der Waals surface area contributed by atoms with Gasteiger partial charge < -0.3 is 5.32 Å². The Bertz CT molecular complexity index is 850. The maximum atomic E-state index is 4.74. The summed E-state index contributed by atoms with van der Waals surface area (Å²) in [7, 11) is 0. The third-order valence-electron chi connectivity index (χ3n) is 4.64. The van der Waals surface area contributed by atoms with Gasteiger partial charge in [0.15, 0.2) is 0 Å². The van der Waals surface area contributed by atoms with E-state index in [-0.39, 0.29) is 0 Å². The van der Waals surface area contributed by atoms with Crippen LogP contribution in [0.2, 0.25) is 0 Å². The van der Waals surface area contributed by atoms with Crippen LogP contribution in [0.25, 0.3) is 0 Å². The highest BCUT2D eigenvalue weighted by Gasteiger charge is 2.27. The van der Waals surface area contributed by atoms with Crippen molar-refractivity contribution in [2.24, 2.45) is 0 Å². The van der Waals surface area contributed by atoms with Gasteiger partial charge >= 0.3 is 0 Å². The molecule has 0 saturated carbocycles. The topological polar surface area (TPSA) is 66.8 Å². The van der Waals surface area contributed by atoms with Gasteiger partial charge in [-0.15, -0.1) is 0 Å². The van der Waals surface area contributed by atoms with Crippen molar-refractivity contribution in [3.8, 4) is 0 Å². The fourth-order valence-corrected chi connectivity index (χ4v) is 3.35. The predicted molar refractivity (Wildman–Crippen MR) is 101 cm³/mol. The Morgan fingerprint density at radius 1 is 1.12 bits per heavy atom. The number of pyridine rings is 2. The highest BCUT2D eigenvalue weighted by Crippen LogP contribution is 2.32. The lowest BCUT2D eigenvalue weighted by Gasteiger charge is -2.24. The van der Waals surface area contributed by atoms with Gasteiger partial charge in [-0.1, -0.05) is 12.1 Å². The molecule has 132 valence electrons. The molecule has 0 aliphatic carbocycles. The number of anilines is 2. The fourth-order valence-electron chi connectivity index (χ4n) is 3.35. The number of hydrogen-bond acceptors (Lipinski definition) is 6. The van der Waals surface area contributed by atoms with E-state index in [1.54, 1.807) is 0 Å². The molecule has 1 fully saturated rings. The smallest absolute Gasteiger partial charge is 0.228 e. The number of likely N-dealkylation sites (tertiary alicyclic amines) is 1. The normalized spacial score (nSPS) is 17.3. The second kappa shape index (κ2) is 7.58. The van der Waals surface area contributed by atoms with Crippen LogP contribution >= 0.6 is 0 Å². The van der Waals surface area contributed by atoms with Crippen LogP contribution in [-0.4, -0.2) is 31.4 Å². The van der Waals surface area contributed by atoms with E-state index in [0.29, 0.717) is 12.0 Å². The van der Waals surface area contributed by atoms with E-state index in [1.807, 2.05) is 56.0 Å². The number of rotatable bonds is 5. The predicted octanol–water partition coefficient (Wildman–Crippen LogP) is 3.66. The lowest BCUT2D eigenvalue weighted by atomic mass is 10.1. The molecular formula is C20H22N6. The van der Waals surface area contributed by atoms with Gasteiger partial charge in [-0.3, -0.25) is 9.88 Å². The van der Waals surface area contributed by atoms with Crippen molar-refractivity contribution >= 4 is 11.8 Å². The average Bonchev–Trinajstić information content (AvgIpc) is 3.13. The Hall–Kier alpha value is -2.86. The Kier molecular flexibility index (Phi) is 4.84. The minimum atomic E-state index is 0.310. The van der Waals surface area contributed by atoms with Crippen LogP contribution in [0.5, 0.6) is 0 Å². The number of aromatic nitrogens is 4. The molecule has 3 aromatic rings. The largest absolute Gasteiger partial charge is 0.309 e. The molecule has 0 aromatic carbocycles. The quantitative estimate of drug-likeness (QED) is 0.760. The number of nitrogens with zero attached hydrogens (tertiary/aromatic N) is 5. The van der Waals surface area contributed by atoms with E-state index in [9.17, 15) is 0 Å². The first-order chi connectivity index (χ1) is 12.8. The summed E-state index contributed by atoms with van der Waals surface area (Å²) in [6, 6.07) is 10.4. The van der Waals surface area contributed by atoms with Crippen molar-refractivity contribution in [1.29, 1.82) is 0 Å². The van der Waals surface area contributed by atoms with Gasteiger partial charge in [0, 0.05) is 31.3 Å². The minimum absolute atomic E-state index is 0.310. The molecule has 1 N–H and O–H groups in total. The molecule has 4 rings (SSSR count). The standard InChI is InChI=1S/C20H22N6/c1-15-6-7-19(23-12-15)25-20-22-10-8-17(24-20)18-5-3-11-26(18)14-16-4-2-9-21-13-16/h2,4,6-10,12-13,18H,3,5,11,14H2,1H3,(H,22,23,24,25)/t18-/m1/s1. The first-order valence-electron chi connectivity index (χ1n) is 8.93. The molecule has 0 bridgehead atoms. The zero-order valence-corrected chi connectivity index (χ0v) is 14.8. The van der Waals surface area contributed by atoms with Gasteiger partial charge in [0.1, 0.15) is 5.82 Å². The summed E-state index contributed by atoms with van der Waals surface area (Å²) in [6.45, 7) is 3.99. The highest BCUT2D eigenvalue weighted by atomic mass is 15.2. The molecule has 6 nitrogen and oxygen atoms in total. The second-order valence-electron chi connectivity index (χ2n) is 6.64. The van der Waals surface area contributed by atoms with Crippen LogP contribution in [-0.2, 0) is 6.54 Å². The molecule has 26 heavy (non-hydrogen) atoms. The molecule has 4 heterocycles. The lowest BCUT2D eigenvalue weighted by Crippen LogP contribution is -2.23. The number of aryl methyl sites for hydroxylation is 1. The molecular weight excluding hydrogens is 324 g/mol. The molecule has 3 aromatic heterocycles. The molecule has 1 saturated heterocycles. The zero-order valence-electron chi connectivity index (χ0n) is 14.8. The van der Waals surface area contributed by atoms with E-state index < -0.39 is 0 Å². The molecule has 1 aliphatic heterocycles. The molecule has 0 spiro atoms. The molecule has 1 atom stereocenters. The van der Waals surface area contributed by atoms with Crippen molar-refractivity contribution < 1.29 is 0 Å². The summed E-state index contributed by atoms with van der Waals surface area (Å²) in [4.78, 5) is 20.1. The van der Waals surface area contributed by atoms with Crippen LogP contribution in [0, 0.1) is 6.92 Å². The van der Waals surface area contributed by atoms with Crippen molar-refractivity contribution in [2.75, 3.05) is 11.9 Å². The van der Waals surface area contributed by atoms with Crippen LogP contribution < -0.4 is 5.32 Å². The molecule has 0 unspecified atom stereocenters. The molecule has 1 aliphatic rings. The third kappa shape index (κ3) is 3.86. The summed E-state index contributed by atoms with van der Waals surface area (Å²) < 4.78 is 0. The molecule has 6 heteroatoms. The molecule has 0 radical (unpaired) electrons. The summed E-state index contributed by atoms with van der Waals surface area (Å²) >= 11 is 0. The van der Waals surface area contributed by atoms with E-state index in [2.05, 4.69) is 31.2 Å².